The van der Waals surface area contributed by atoms with Crippen molar-refractivity contribution in [3.63, 3.8) is 0 Å². The first-order valence-electron chi connectivity index (χ1n) is 15.0. The van der Waals surface area contributed by atoms with E-state index in [0.717, 1.165) is 31.0 Å². The summed E-state index contributed by atoms with van der Waals surface area (Å²) < 4.78 is 5.98. The number of nitrogens with two attached hydrogens (primary N) is 1. The van der Waals surface area contributed by atoms with Crippen LogP contribution in [0.25, 0.3) is 11.3 Å². The van der Waals surface area contributed by atoms with Crippen LogP contribution in [-0.2, 0) is 26.5 Å². The molecular weight excluding hydrogens is 576 g/mol. The van der Waals surface area contributed by atoms with Gasteiger partial charge in [-0.3, -0.25) is 14.6 Å². The van der Waals surface area contributed by atoms with Gasteiger partial charge >= 0.3 is 0 Å². The quantitative estimate of drug-likeness (QED) is 0.254. The molecule has 12 heteroatoms. The van der Waals surface area contributed by atoms with Crippen molar-refractivity contribution in [1.82, 2.24) is 24.8 Å². The van der Waals surface area contributed by atoms with Gasteiger partial charge in [-0.1, -0.05) is 36.4 Å². The van der Waals surface area contributed by atoms with Crippen LogP contribution in [0.1, 0.15) is 49.6 Å². The second-order valence-corrected chi connectivity index (χ2v) is 12.0. The van der Waals surface area contributed by atoms with Crippen LogP contribution in [0.3, 0.4) is 0 Å². The maximum atomic E-state index is 13.1. The first-order chi connectivity index (χ1) is 21.4. The number of anilines is 2. The van der Waals surface area contributed by atoms with Gasteiger partial charge in [-0.05, 0) is 56.6 Å². The van der Waals surface area contributed by atoms with Crippen molar-refractivity contribution < 1.29 is 14.3 Å². The van der Waals surface area contributed by atoms with Crippen molar-refractivity contribution in [2.45, 2.75) is 56.0 Å². The Balaban J connectivity index is 1.17. The molecular formula is C32H38N8O3S. The number of carbonyl (C=O) groups is 2. The Morgan fingerprint density at radius 3 is 2.59 bits per heavy atom. The molecule has 3 N–H and O–H groups in total. The molecule has 2 amide bonds. The lowest BCUT2D eigenvalue weighted by Crippen LogP contribution is -2.50. The molecule has 4 heterocycles. The average Bonchev–Trinajstić information content (AvgIpc) is 3.03. The molecule has 2 saturated heterocycles. The normalized spacial score (nSPS) is 17.2. The van der Waals surface area contributed by atoms with Crippen molar-refractivity contribution >= 4 is 35.1 Å². The number of nitriles is 1. The molecule has 0 spiro atoms. The largest absolute Gasteiger partial charge is 0.382 e. The number of nitrogen functional groups attached to an aromatic ring is 1. The number of morpholine rings is 1. The van der Waals surface area contributed by atoms with Gasteiger partial charge in [0, 0.05) is 55.7 Å². The van der Waals surface area contributed by atoms with E-state index in [-0.39, 0.29) is 29.3 Å². The summed E-state index contributed by atoms with van der Waals surface area (Å²) in [6.45, 7) is 6.44. The molecule has 1 atom stereocenters. The van der Waals surface area contributed by atoms with Crippen LogP contribution in [0.5, 0.6) is 0 Å². The van der Waals surface area contributed by atoms with Crippen LogP contribution in [0.4, 0.5) is 11.5 Å². The minimum atomic E-state index is -0.168. The van der Waals surface area contributed by atoms with Gasteiger partial charge in [-0.25, -0.2) is 9.97 Å². The summed E-state index contributed by atoms with van der Waals surface area (Å²) in [5.74, 6) is 0.568. The Morgan fingerprint density at radius 1 is 1.07 bits per heavy atom. The molecule has 0 radical (unpaired) electrons. The van der Waals surface area contributed by atoms with Gasteiger partial charge in [0.1, 0.15) is 17.5 Å². The van der Waals surface area contributed by atoms with Crippen molar-refractivity contribution in [3.05, 3.63) is 59.4 Å². The number of rotatable bonds is 10. The van der Waals surface area contributed by atoms with E-state index in [1.54, 1.807) is 24.3 Å². The highest BCUT2D eigenvalue weighted by molar-refractivity contribution is 7.98. The highest BCUT2D eigenvalue weighted by Gasteiger charge is 2.26. The summed E-state index contributed by atoms with van der Waals surface area (Å²) in [7, 11) is 0. The van der Waals surface area contributed by atoms with Crippen LogP contribution in [-0.4, -0.2) is 82.0 Å². The van der Waals surface area contributed by atoms with E-state index in [4.69, 9.17) is 15.5 Å². The Bertz CT molecular complexity index is 1500. The number of hydrogen-bond donors (Lipinski definition) is 2. The Labute approximate surface area is 262 Å². The second kappa shape index (κ2) is 15.1. The van der Waals surface area contributed by atoms with E-state index in [1.165, 1.54) is 37.9 Å². The van der Waals surface area contributed by atoms with E-state index < -0.39 is 0 Å². The van der Waals surface area contributed by atoms with Crippen molar-refractivity contribution in [2.75, 3.05) is 50.4 Å². The fraction of sp³-hybridized carbons (Fsp3) is 0.438. The van der Waals surface area contributed by atoms with Gasteiger partial charge in [0.25, 0.3) is 0 Å². The second-order valence-electron chi connectivity index (χ2n) is 11.1. The molecule has 1 unspecified atom stereocenters. The third-order valence-electron chi connectivity index (χ3n) is 7.72. The molecule has 44 heavy (non-hydrogen) atoms. The smallest absolute Gasteiger partial charge is 0.223 e. The molecule has 0 bridgehead atoms. The number of pyridine rings is 1. The standard InChI is InChI=1S/C32H38N8O3S/c1-22(41)35-25-10-8-23(9-11-25)30-28(18-33)31(34)38-32(37-30)44-21-26-7-5-6-24(36-26)12-13-29(42)40-16-17-43-27(20-40)19-39-14-3-2-4-15-39/h5-11,27H,2-4,12-17,19-21H2,1H3,(H,35,41)(H2,34,37,38). The molecule has 0 aliphatic carbocycles. The lowest BCUT2D eigenvalue weighted by Gasteiger charge is -2.37. The Kier molecular flexibility index (Phi) is 10.8. The summed E-state index contributed by atoms with van der Waals surface area (Å²) in [6, 6.07) is 15.0. The average molecular weight is 615 g/mol. The summed E-state index contributed by atoms with van der Waals surface area (Å²) >= 11 is 1.37. The number of nitrogens with zero attached hydrogens (tertiary/aromatic N) is 6. The number of carbonyl (C=O) groups excluding carboxylic acids is 2. The lowest BCUT2D eigenvalue weighted by atomic mass is 10.1. The van der Waals surface area contributed by atoms with Crippen molar-refractivity contribution in [1.29, 1.82) is 5.26 Å². The van der Waals surface area contributed by atoms with E-state index in [2.05, 4.69) is 26.3 Å². The maximum absolute atomic E-state index is 13.1. The fourth-order valence-corrected chi connectivity index (χ4v) is 6.28. The van der Waals surface area contributed by atoms with Crippen molar-refractivity contribution in [3.8, 4) is 17.3 Å². The van der Waals surface area contributed by atoms with E-state index in [9.17, 15) is 14.9 Å². The third-order valence-corrected chi connectivity index (χ3v) is 8.60. The molecule has 0 saturated carbocycles. The highest BCUT2D eigenvalue weighted by atomic mass is 32.2. The molecule has 2 fully saturated rings. The van der Waals surface area contributed by atoms with Gasteiger partial charge in [-0.2, -0.15) is 5.26 Å². The zero-order valence-electron chi connectivity index (χ0n) is 25.0. The maximum Gasteiger partial charge on any atom is 0.223 e. The number of amides is 2. The first kappa shape index (κ1) is 31.4. The molecule has 230 valence electrons. The summed E-state index contributed by atoms with van der Waals surface area (Å²) in [4.78, 5) is 42.5. The Morgan fingerprint density at radius 2 is 1.84 bits per heavy atom. The van der Waals surface area contributed by atoms with Crippen LogP contribution >= 0.6 is 11.8 Å². The number of benzene rings is 1. The van der Waals surface area contributed by atoms with Gasteiger partial charge in [0.15, 0.2) is 5.16 Å². The molecule has 1 aromatic carbocycles. The Hall–Kier alpha value is -4.05. The number of piperidine rings is 1. The monoisotopic (exact) mass is 614 g/mol. The summed E-state index contributed by atoms with van der Waals surface area (Å²) in [5, 5.41) is 12.8. The zero-order valence-corrected chi connectivity index (χ0v) is 25.8. The summed E-state index contributed by atoms with van der Waals surface area (Å²) in [6.07, 6.45) is 4.82. The van der Waals surface area contributed by atoms with Gasteiger partial charge in [0.05, 0.1) is 24.1 Å². The van der Waals surface area contributed by atoms with E-state index in [0.29, 0.717) is 60.4 Å². The third kappa shape index (κ3) is 8.53. The number of ether oxygens (including phenoxy) is 1. The van der Waals surface area contributed by atoms with Crippen LogP contribution in [0, 0.1) is 11.3 Å². The number of likely N-dealkylation sites (tertiary alicyclic amines) is 1. The predicted molar refractivity (Wildman–Crippen MR) is 170 cm³/mol. The number of aromatic nitrogens is 3. The SMILES string of the molecule is CC(=O)Nc1ccc(-c2nc(SCc3cccc(CCC(=O)N4CCOC(CN5CCCCC5)C4)n3)nc(N)c2C#N)cc1. The minimum absolute atomic E-state index is 0.0753. The predicted octanol–water partition coefficient (Wildman–Crippen LogP) is 3.89. The molecule has 2 aliphatic rings. The number of nitrogens with one attached hydrogen (secondary N) is 1. The van der Waals surface area contributed by atoms with Gasteiger partial charge in [0.2, 0.25) is 11.8 Å². The topological polar surface area (TPSA) is 150 Å². The van der Waals surface area contributed by atoms with Crippen LogP contribution in [0.2, 0.25) is 0 Å². The minimum Gasteiger partial charge on any atom is -0.382 e. The van der Waals surface area contributed by atoms with Gasteiger partial charge < -0.3 is 25.6 Å². The lowest BCUT2D eigenvalue weighted by molar-refractivity contribution is -0.139. The van der Waals surface area contributed by atoms with E-state index in [1.807, 2.05) is 23.1 Å². The fourth-order valence-electron chi connectivity index (χ4n) is 5.52. The van der Waals surface area contributed by atoms with Crippen LogP contribution in [0.15, 0.2) is 47.6 Å². The molecule has 2 aliphatic heterocycles. The molecule has 3 aromatic rings. The number of hydrogen-bond acceptors (Lipinski definition) is 10. The van der Waals surface area contributed by atoms with Gasteiger partial charge in [-0.15, -0.1) is 0 Å². The molecule has 11 nitrogen and oxygen atoms in total. The number of aryl methyl sites for hydroxylation is 1. The molecule has 5 rings (SSSR count). The molecule has 2 aromatic heterocycles. The van der Waals surface area contributed by atoms with E-state index >= 15 is 0 Å². The first-order valence-corrected chi connectivity index (χ1v) is 16.0. The van der Waals surface area contributed by atoms with Crippen molar-refractivity contribution in [2.24, 2.45) is 0 Å². The number of thioether (sulfide) groups is 1. The highest BCUT2D eigenvalue weighted by Crippen LogP contribution is 2.29. The zero-order chi connectivity index (χ0) is 30.9. The summed E-state index contributed by atoms with van der Waals surface area (Å²) in [5.41, 5.74) is 9.79. The van der Waals surface area contributed by atoms with Crippen LogP contribution < -0.4 is 11.1 Å².